The van der Waals surface area contributed by atoms with Crippen LogP contribution in [0.5, 0.6) is 11.5 Å². The molecule has 18 heavy (non-hydrogen) atoms. The highest BCUT2D eigenvalue weighted by atomic mass is 16.5. The van der Waals surface area contributed by atoms with Crippen LogP contribution in [-0.4, -0.2) is 28.6 Å². The van der Waals surface area contributed by atoms with E-state index >= 15 is 0 Å². The second kappa shape index (κ2) is 5.86. The average molecular weight is 250 g/mol. The van der Waals surface area contributed by atoms with Gasteiger partial charge < -0.3 is 14.9 Å². The number of esters is 1. The summed E-state index contributed by atoms with van der Waals surface area (Å²) < 4.78 is 4.76. The van der Waals surface area contributed by atoms with E-state index in [9.17, 15) is 19.8 Å². The van der Waals surface area contributed by atoms with E-state index in [0.717, 1.165) is 6.07 Å². The molecule has 0 bridgehead atoms. The summed E-state index contributed by atoms with van der Waals surface area (Å²) in [6.45, 7) is 2.84. The fourth-order valence-corrected chi connectivity index (χ4v) is 1.46. The van der Waals surface area contributed by atoms with Gasteiger partial charge in [0.05, 0.1) is 0 Å². The molecule has 0 aliphatic rings. The standard InChI is InChI=1S/C13H14O5/c1-3-4-9(14)7-18-13(17)12-8(2)5-10(15)6-11(12)16/h3-6,15-16H,7H2,1-2H3/b4-3+. The number of ether oxygens (including phenoxy) is 1. The first-order valence-electron chi connectivity index (χ1n) is 5.31. The van der Waals surface area contributed by atoms with Crippen LogP contribution in [0.15, 0.2) is 24.3 Å². The highest BCUT2D eigenvalue weighted by Gasteiger charge is 2.17. The van der Waals surface area contributed by atoms with Gasteiger partial charge in [-0.1, -0.05) is 6.08 Å². The first-order chi connectivity index (χ1) is 8.45. The quantitative estimate of drug-likeness (QED) is 0.627. The molecule has 96 valence electrons. The Morgan fingerprint density at radius 3 is 2.56 bits per heavy atom. The number of rotatable bonds is 4. The summed E-state index contributed by atoms with van der Waals surface area (Å²) in [5.74, 6) is -1.67. The van der Waals surface area contributed by atoms with Crippen LogP contribution in [0.1, 0.15) is 22.8 Å². The van der Waals surface area contributed by atoms with Crippen molar-refractivity contribution in [3.63, 3.8) is 0 Å². The molecule has 0 aliphatic heterocycles. The fourth-order valence-electron chi connectivity index (χ4n) is 1.46. The Morgan fingerprint density at radius 2 is 2.00 bits per heavy atom. The summed E-state index contributed by atoms with van der Waals surface area (Å²) in [4.78, 5) is 22.8. The minimum atomic E-state index is -0.803. The Labute approximate surface area is 104 Å². The lowest BCUT2D eigenvalue weighted by Gasteiger charge is -2.08. The molecular formula is C13H14O5. The number of ketones is 1. The molecule has 0 radical (unpaired) electrons. The number of aromatic hydroxyl groups is 2. The van der Waals surface area contributed by atoms with E-state index in [0.29, 0.717) is 5.56 Å². The zero-order chi connectivity index (χ0) is 13.7. The second-order valence-electron chi connectivity index (χ2n) is 3.70. The highest BCUT2D eigenvalue weighted by Crippen LogP contribution is 2.27. The van der Waals surface area contributed by atoms with Gasteiger partial charge in [-0.15, -0.1) is 0 Å². The number of hydrogen-bond donors (Lipinski definition) is 2. The van der Waals surface area contributed by atoms with E-state index in [1.807, 2.05) is 0 Å². The van der Waals surface area contributed by atoms with Gasteiger partial charge in [0.1, 0.15) is 17.1 Å². The number of aryl methyl sites for hydroxylation is 1. The Bertz CT molecular complexity index is 479. The van der Waals surface area contributed by atoms with E-state index in [4.69, 9.17) is 4.74 Å². The highest BCUT2D eigenvalue weighted by molar-refractivity contribution is 5.97. The lowest BCUT2D eigenvalue weighted by atomic mass is 10.1. The van der Waals surface area contributed by atoms with Crippen molar-refractivity contribution in [1.29, 1.82) is 0 Å². The molecule has 1 rings (SSSR count). The molecule has 0 aromatic heterocycles. The molecule has 2 N–H and O–H groups in total. The molecule has 1 aromatic rings. The molecular weight excluding hydrogens is 236 g/mol. The molecule has 5 heteroatoms. The molecule has 0 saturated carbocycles. The van der Waals surface area contributed by atoms with Crippen LogP contribution in [0.25, 0.3) is 0 Å². The molecule has 0 heterocycles. The van der Waals surface area contributed by atoms with Crippen molar-refractivity contribution in [2.75, 3.05) is 6.61 Å². The molecule has 0 amide bonds. The number of phenols is 2. The Hall–Kier alpha value is -2.30. The van der Waals surface area contributed by atoms with Crippen molar-refractivity contribution in [2.45, 2.75) is 13.8 Å². The minimum Gasteiger partial charge on any atom is -0.508 e. The summed E-state index contributed by atoms with van der Waals surface area (Å²) >= 11 is 0. The minimum absolute atomic E-state index is 0.0546. The van der Waals surface area contributed by atoms with E-state index in [-0.39, 0.29) is 29.5 Å². The second-order valence-corrected chi connectivity index (χ2v) is 3.70. The maximum absolute atomic E-state index is 11.7. The van der Waals surface area contributed by atoms with Crippen molar-refractivity contribution in [3.8, 4) is 11.5 Å². The first kappa shape index (κ1) is 13.8. The van der Waals surface area contributed by atoms with Crippen LogP contribution >= 0.6 is 0 Å². The van der Waals surface area contributed by atoms with Crippen LogP contribution in [0.4, 0.5) is 0 Å². The Kier molecular flexibility index (Phi) is 4.48. The summed E-state index contributed by atoms with van der Waals surface area (Å²) in [6.07, 6.45) is 2.83. The number of allylic oxidation sites excluding steroid dienone is 1. The van der Waals surface area contributed by atoms with Crippen LogP contribution in [-0.2, 0) is 9.53 Å². The number of hydrogen-bond acceptors (Lipinski definition) is 5. The number of phenolic OH excluding ortho intramolecular Hbond substituents is 2. The topological polar surface area (TPSA) is 83.8 Å². The molecule has 0 unspecified atom stereocenters. The maximum atomic E-state index is 11.7. The lowest BCUT2D eigenvalue weighted by Crippen LogP contribution is -2.13. The van der Waals surface area contributed by atoms with E-state index in [2.05, 4.69) is 0 Å². The summed E-state index contributed by atoms with van der Waals surface area (Å²) in [5, 5.41) is 18.8. The van der Waals surface area contributed by atoms with Gasteiger partial charge in [-0.25, -0.2) is 4.79 Å². The smallest absolute Gasteiger partial charge is 0.342 e. The molecule has 5 nitrogen and oxygen atoms in total. The number of benzene rings is 1. The molecule has 0 aliphatic carbocycles. The van der Waals surface area contributed by atoms with E-state index < -0.39 is 5.97 Å². The Balaban J connectivity index is 2.82. The molecule has 1 aromatic carbocycles. The predicted molar refractivity (Wildman–Crippen MR) is 64.6 cm³/mol. The lowest BCUT2D eigenvalue weighted by molar-refractivity contribution is -0.117. The Morgan fingerprint density at radius 1 is 1.33 bits per heavy atom. The van der Waals surface area contributed by atoms with Crippen molar-refractivity contribution in [3.05, 3.63) is 35.4 Å². The third-order valence-corrected chi connectivity index (χ3v) is 2.20. The largest absolute Gasteiger partial charge is 0.508 e. The van der Waals surface area contributed by atoms with Gasteiger partial charge in [-0.05, 0) is 31.6 Å². The third-order valence-electron chi connectivity index (χ3n) is 2.20. The molecule has 0 atom stereocenters. The number of carbonyl (C=O) groups excluding carboxylic acids is 2. The molecule has 0 spiro atoms. The zero-order valence-corrected chi connectivity index (χ0v) is 10.1. The third kappa shape index (κ3) is 3.35. The van der Waals surface area contributed by atoms with Crippen LogP contribution in [0.3, 0.4) is 0 Å². The van der Waals surface area contributed by atoms with Crippen LogP contribution in [0, 0.1) is 6.92 Å². The monoisotopic (exact) mass is 250 g/mol. The van der Waals surface area contributed by atoms with Gasteiger partial charge in [0.25, 0.3) is 0 Å². The summed E-state index contributed by atoms with van der Waals surface area (Å²) in [6, 6.07) is 2.36. The average Bonchev–Trinajstić information content (AvgIpc) is 2.25. The summed E-state index contributed by atoms with van der Waals surface area (Å²) in [7, 11) is 0. The van der Waals surface area contributed by atoms with Gasteiger partial charge in [0.15, 0.2) is 12.4 Å². The van der Waals surface area contributed by atoms with Crippen molar-refractivity contribution in [1.82, 2.24) is 0 Å². The van der Waals surface area contributed by atoms with Crippen molar-refractivity contribution < 1.29 is 24.5 Å². The fraction of sp³-hybridized carbons (Fsp3) is 0.231. The van der Waals surface area contributed by atoms with Crippen LogP contribution < -0.4 is 0 Å². The number of carbonyl (C=O) groups is 2. The molecule has 0 saturated heterocycles. The van der Waals surface area contributed by atoms with E-state index in [1.165, 1.54) is 12.1 Å². The zero-order valence-electron chi connectivity index (χ0n) is 10.1. The summed E-state index contributed by atoms with van der Waals surface area (Å²) in [5.41, 5.74) is 0.317. The predicted octanol–water partition coefficient (Wildman–Crippen LogP) is 1.71. The van der Waals surface area contributed by atoms with Crippen molar-refractivity contribution >= 4 is 11.8 Å². The van der Waals surface area contributed by atoms with E-state index in [1.54, 1.807) is 19.9 Å². The van der Waals surface area contributed by atoms with Gasteiger partial charge in [-0.2, -0.15) is 0 Å². The van der Waals surface area contributed by atoms with Crippen molar-refractivity contribution in [2.24, 2.45) is 0 Å². The van der Waals surface area contributed by atoms with Gasteiger partial charge in [-0.3, -0.25) is 4.79 Å². The maximum Gasteiger partial charge on any atom is 0.342 e. The normalized spacial score (nSPS) is 10.6. The first-order valence-corrected chi connectivity index (χ1v) is 5.31. The van der Waals surface area contributed by atoms with Gasteiger partial charge in [0, 0.05) is 6.07 Å². The SMILES string of the molecule is C/C=C/C(=O)COC(=O)c1c(C)cc(O)cc1O. The molecule has 0 fully saturated rings. The van der Waals surface area contributed by atoms with Gasteiger partial charge >= 0.3 is 5.97 Å². The van der Waals surface area contributed by atoms with Gasteiger partial charge in [0.2, 0.25) is 0 Å². The van der Waals surface area contributed by atoms with Crippen LogP contribution in [0.2, 0.25) is 0 Å².